The van der Waals surface area contributed by atoms with Crippen molar-refractivity contribution in [3.8, 4) is 0 Å². The highest BCUT2D eigenvalue weighted by molar-refractivity contribution is 7.79. The van der Waals surface area contributed by atoms with Gasteiger partial charge in [0.05, 0.1) is 5.75 Å². The minimum absolute atomic E-state index is 0.0618. The fraction of sp³-hybridized carbons (Fsp3) is 0.556. The van der Waals surface area contributed by atoms with Gasteiger partial charge in [0.1, 0.15) is 5.76 Å². The zero-order valence-corrected chi connectivity index (χ0v) is 9.17. The monoisotopic (exact) mass is 227 g/mol. The van der Waals surface area contributed by atoms with Gasteiger partial charge in [-0.2, -0.15) is 12.6 Å². The molecule has 1 aromatic heterocycles. The van der Waals surface area contributed by atoms with Gasteiger partial charge in [-0.25, -0.2) is 0 Å². The van der Waals surface area contributed by atoms with Crippen LogP contribution in [0.3, 0.4) is 0 Å². The van der Waals surface area contributed by atoms with Crippen molar-refractivity contribution in [2.45, 2.75) is 5.75 Å². The highest BCUT2D eigenvalue weighted by Gasteiger charge is 2.20. The molecule has 2 heterocycles. The molecule has 1 amide bonds. The fourth-order valence-corrected chi connectivity index (χ4v) is 1.67. The van der Waals surface area contributed by atoms with Crippen LogP contribution in [-0.2, 0) is 5.75 Å². The third-order valence-corrected chi connectivity index (χ3v) is 2.65. The van der Waals surface area contributed by atoms with E-state index >= 15 is 0 Å². The van der Waals surface area contributed by atoms with Gasteiger partial charge in [-0.3, -0.25) is 4.79 Å². The molecule has 0 aliphatic carbocycles. The first-order chi connectivity index (χ1) is 7.31. The molecule has 1 aliphatic heterocycles. The van der Waals surface area contributed by atoms with Gasteiger partial charge in [0.15, 0.2) is 5.69 Å². The molecule has 0 saturated carbocycles. The molecule has 0 aromatic carbocycles. The highest BCUT2D eigenvalue weighted by atomic mass is 32.1. The first-order valence-electron chi connectivity index (χ1n) is 4.87. The zero-order chi connectivity index (χ0) is 10.7. The molecule has 1 aliphatic rings. The molecule has 0 unspecified atom stereocenters. The van der Waals surface area contributed by atoms with Crippen molar-refractivity contribution in [2.75, 3.05) is 26.2 Å². The Morgan fingerprint density at radius 3 is 2.93 bits per heavy atom. The molecule has 1 N–H and O–H groups in total. The number of rotatable bonds is 2. The van der Waals surface area contributed by atoms with Gasteiger partial charge >= 0.3 is 0 Å². The number of amides is 1. The van der Waals surface area contributed by atoms with Crippen molar-refractivity contribution in [2.24, 2.45) is 0 Å². The standard InChI is InChI=1S/C9H13N3O2S/c13-9(12-3-1-10-2-4-12)8-5-7(6-15)14-11-8/h5,10,15H,1-4,6H2. The molecule has 6 heteroatoms. The summed E-state index contributed by atoms with van der Waals surface area (Å²) in [6.07, 6.45) is 0. The molecule has 1 fully saturated rings. The average Bonchev–Trinajstić information content (AvgIpc) is 2.78. The second kappa shape index (κ2) is 4.67. The number of aromatic nitrogens is 1. The molecule has 0 radical (unpaired) electrons. The van der Waals surface area contributed by atoms with Crippen LogP contribution in [0.1, 0.15) is 16.2 Å². The quantitative estimate of drug-likeness (QED) is 0.706. The third-order valence-electron chi connectivity index (χ3n) is 2.34. The average molecular weight is 227 g/mol. The Morgan fingerprint density at radius 2 is 2.33 bits per heavy atom. The summed E-state index contributed by atoms with van der Waals surface area (Å²) in [5.41, 5.74) is 0.376. The van der Waals surface area contributed by atoms with Crippen LogP contribution < -0.4 is 5.32 Å². The van der Waals surface area contributed by atoms with E-state index in [1.807, 2.05) is 0 Å². The Morgan fingerprint density at radius 1 is 1.60 bits per heavy atom. The Bertz CT molecular complexity index is 347. The normalized spacial score (nSPS) is 16.7. The molecule has 5 nitrogen and oxygen atoms in total. The van der Waals surface area contributed by atoms with Crippen molar-refractivity contribution in [1.29, 1.82) is 0 Å². The second-order valence-corrected chi connectivity index (χ2v) is 3.70. The van der Waals surface area contributed by atoms with Gasteiger partial charge in [0.2, 0.25) is 0 Å². The van der Waals surface area contributed by atoms with E-state index < -0.39 is 0 Å². The second-order valence-electron chi connectivity index (χ2n) is 3.38. The van der Waals surface area contributed by atoms with E-state index in [1.165, 1.54) is 0 Å². The lowest BCUT2D eigenvalue weighted by Crippen LogP contribution is -2.46. The summed E-state index contributed by atoms with van der Waals surface area (Å²) >= 11 is 4.05. The Labute approximate surface area is 93.2 Å². The largest absolute Gasteiger partial charge is 0.360 e. The van der Waals surface area contributed by atoms with E-state index in [0.717, 1.165) is 26.2 Å². The number of hydrogen-bond acceptors (Lipinski definition) is 5. The summed E-state index contributed by atoms with van der Waals surface area (Å²) in [5.74, 6) is 1.02. The van der Waals surface area contributed by atoms with Crippen LogP contribution in [-0.4, -0.2) is 42.1 Å². The molecule has 0 bridgehead atoms. The summed E-state index contributed by atoms with van der Waals surface area (Å²) in [6.45, 7) is 3.12. The van der Waals surface area contributed by atoms with Gasteiger partial charge in [-0.15, -0.1) is 0 Å². The van der Waals surface area contributed by atoms with Crippen molar-refractivity contribution in [3.05, 3.63) is 17.5 Å². The van der Waals surface area contributed by atoms with Crippen LogP contribution in [0, 0.1) is 0 Å². The maximum Gasteiger partial charge on any atom is 0.276 e. The van der Waals surface area contributed by atoms with E-state index in [9.17, 15) is 4.79 Å². The van der Waals surface area contributed by atoms with Gasteiger partial charge in [-0.1, -0.05) is 5.16 Å². The van der Waals surface area contributed by atoms with Crippen LogP contribution in [0.25, 0.3) is 0 Å². The van der Waals surface area contributed by atoms with Gasteiger partial charge in [-0.05, 0) is 0 Å². The molecular weight excluding hydrogens is 214 g/mol. The molecule has 1 aromatic rings. The summed E-state index contributed by atoms with van der Waals surface area (Å²) < 4.78 is 4.94. The maximum absolute atomic E-state index is 11.9. The molecule has 0 spiro atoms. The third kappa shape index (κ3) is 2.32. The molecule has 2 rings (SSSR count). The predicted octanol–water partition coefficient (Wildman–Crippen LogP) is 0.150. The lowest BCUT2D eigenvalue weighted by molar-refractivity contribution is 0.0725. The number of nitrogens with one attached hydrogen (secondary N) is 1. The van der Waals surface area contributed by atoms with Gasteiger partial charge < -0.3 is 14.7 Å². The number of hydrogen-bond donors (Lipinski definition) is 2. The van der Waals surface area contributed by atoms with Crippen molar-refractivity contribution in [1.82, 2.24) is 15.4 Å². The van der Waals surface area contributed by atoms with E-state index in [4.69, 9.17) is 4.52 Å². The first-order valence-corrected chi connectivity index (χ1v) is 5.51. The van der Waals surface area contributed by atoms with Gasteiger partial charge in [0, 0.05) is 32.2 Å². The van der Waals surface area contributed by atoms with Crippen LogP contribution >= 0.6 is 12.6 Å². The molecular formula is C9H13N3O2S. The van der Waals surface area contributed by atoms with E-state index in [0.29, 0.717) is 17.2 Å². The van der Waals surface area contributed by atoms with Crippen LogP contribution in [0.4, 0.5) is 0 Å². The van der Waals surface area contributed by atoms with Crippen molar-refractivity contribution < 1.29 is 9.32 Å². The minimum atomic E-state index is -0.0618. The van der Waals surface area contributed by atoms with Crippen molar-refractivity contribution in [3.63, 3.8) is 0 Å². The van der Waals surface area contributed by atoms with E-state index in [-0.39, 0.29) is 5.91 Å². The highest BCUT2D eigenvalue weighted by Crippen LogP contribution is 2.09. The lowest BCUT2D eigenvalue weighted by Gasteiger charge is -2.26. The number of thiol groups is 1. The summed E-state index contributed by atoms with van der Waals surface area (Å²) in [6, 6.07) is 1.65. The molecule has 1 saturated heterocycles. The Kier molecular flexibility index (Phi) is 3.27. The summed E-state index contributed by atoms with van der Waals surface area (Å²) in [4.78, 5) is 13.7. The number of piperazine rings is 1. The Hall–Kier alpha value is -1.01. The number of carbonyl (C=O) groups is 1. The van der Waals surface area contributed by atoms with Gasteiger partial charge in [0.25, 0.3) is 5.91 Å². The summed E-state index contributed by atoms with van der Waals surface area (Å²) in [5, 5.41) is 6.91. The Balaban J connectivity index is 2.05. The first kappa shape index (κ1) is 10.5. The summed E-state index contributed by atoms with van der Waals surface area (Å²) in [7, 11) is 0. The fourth-order valence-electron chi connectivity index (χ4n) is 1.52. The zero-order valence-electron chi connectivity index (χ0n) is 8.27. The predicted molar refractivity (Wildman–Crippen MR) is 58.0 cm³/mol. The maximum atomic E-state index is 11.9. The van der Waals surface area contributed by atoms with Crippen LogP contribution in [0.2, 0.25) is 0 Å². The van der Waals surface area contributed by atoms with E-state index in [1.54, 1.807) is 11.0 Å². The SMILES string of the molecule is O=C(c1cc(CS)on1)N1CCNCC1. The number of carbonyl (C=O) groups excluding carboxylic acids is 1. The molecule has 82 valence electrons. The minimum Gasteiger partial charge on any atom is -0.360 e. The lowest BCUT2D eigenvalue weighted by atomic mass is 10.3. The van der Waals surface area contributed by atoms with E-state index in [2.05, 4.69) is 23.1 Å². The smallest absolute Gasteiger partial charge is 0.276 e. The van der Waals surface area contributed by atoms with Crippen LogP contribution in [0.15, 0.2) is 10.6 Å². The topological polar surface area (TPSA) is 58.4 Å². The molecule has 0 atom stereocenters. The molecule has 15 heavy (non-hydrogen) atoms. The van der Waals surface area contributed by atoms with Crippen molar-refractivity contribution >= 4 is 18.5 Å². The van der Waals surface area contributed by atoms with Crippen LogP contribution in [0.5, 0.6) is 0 Å². The number of nitrogens with zero attached hydrogens (tertiary/aromatic N) is 2.